The maximum absolute atomic E-state index is 12.2. The number of nitro groups is 1. The zero-order chi connectivity index (χ0) is 15.4. The van der Waals surface area contributed by atoms with Crippen LogP contribution >= 0.6 is 11.6 Å². The van der Waals surface area contributed by atoms with E-state index in [1.807, 2.05) is 0 Å². The Labute approximate surface area is 128 Å². The van der Waals surface area contributed by atoms with Crippen molar-refractivity contribution in [3.05, 3.63) is 33.1 Å². The molecule has 2 unspecified atom stereocenters. The second kappa shape index (κ2) is 6.85. The summed E-state index contributed by atoms with van der Waals surface area (Å²) in [6.07, 6.45) is 5.96. The third-order valence-corrected chi connectivity index (χ3v) is 4.40. The van der Waals surface area contributed by atoms with E-state index in [-0.39, 0.29) is 10.7 Å². The maximum atomic E-state index is 12.2. The van der Waals surface area contributed by atoms with Crippen LogP contribution in [0.25, 0.3) is 0 Å². The van der Waals surface area contributed by atoms with Gasteiger partial charge in [-0.2, -0.15) is 0 Å². The van der Waals surface area contributed by atoms with Gasteiger partial charge in [0.1, 0.15) is 5.56 Å². The molecule has 1 heterocycles. The molecule has 0 bridgehead atoms. The van der Waals surface area contributed by atoms with E-state index in [2.05, 4.69) is 17.2 Å². The Kier molecular flexibility index (Phi) is 5.12. The maximum Gasteiger partial charge on any atom is 0.319 e. The van der Waals surface area contributed by atoms with Gasteiger partial charge in [-0.3, -0.25) is 14.9 Å². The predicted octanol–water partition coefficient (Wildman–Crippen LogP) is 3.20. The Balaban J connectivity index is 2.07. The topological polar surface area (TPSA) is 85.1 Å². The van der Waals surface area contributed by atoms with Gasteiger partial charge in [0, 0.05) is 12.7 Å². The molecule has 0 spiro atoms. The summed E-state index contributed by atoms with van der Waals surface area (Å²) in [6.45, 7) is 2.72. The van der Waals surface area contributed by atoms with Crippen molar-refractivity contribution in [3.8, 4) is 0 Å². The molecule has 1 aliphatic carbocycles. The number of carbonyl (C=O) groups excluding carboxylic acids is 1. The molecule has 0 aliphatic heterocycles. The number of hydrogen-bond donors (Lipinski definition) is 1. The lowest BCUT2D eigenvalue weighted by atomic mass is 9.80. The van der Waals surface area contributed by atoms with Gasteiger partial charge < -0.3 is 5.32 Å². The van der Waals surface area contributed by atoms with Crippen molar-refractivity contribution in [2.75, 3.05) is 6.54 Å². The Morgan fingerprint density at radius 1 is 1.52 bits per heavy atom. The molecule has 114 valence electrons. The Bertz CT molecular complexity index is 550. The van der Waals surface area contributed by atoms with Gasteiger partial charge in [-0.25, -0.2) is 4.98 Å². The Morgan fingerprint density at radius 3 is 2.90 bits per heavy atom. The second-order valence-electron chi connectivity index (χ2n) is 5.49. The van der Waals surface area contributed by atoms with Crippen LogP contribution in [0.15, 0.2) is 12.3 Å². The van der Waals surface area contributed by atoms with Gasteiger partial charge in [0.25, 0.3) is 5.91 Å². The van der Waals surface area contributed by atoms with Crippen molar-refractivity contribution in [1.29, 1.82) is 0 Å². The molecule has 1 fully saturated rings. The minimum absolute atomic E-state index is 0.0385. The number of nitrogens with zero attached hydrogens (tertiary/aromatic N) is 2. The van der Waals surface area contributed by atoms with Gasteiger partial charge in [-0.1, -0.05) is 37.8 Å². The van der Waals surface area contributed by atoms with Crippen molar-refractivity contribution < 1.29 is 9.72 Å². The van der Waals surface area contributed by atoms with Crippen LogP contribution in [0.2, 0.25) is 5.15 Å². The van der Waals surface area contributed by atoms with E-state index in [9.17, 15) is 14.9 Å². The molecule has 1 saturated carbocycles. The first-order valence-corrected chi connectivity index (χ1v) is 7.45. The highest BCUT2D eigenvalue weighted by Crippen LogP contribution is 2.29. The van der Waals surface area contributed by atoms with Crippen LogP contribution in [0.5, 0.6) is 0 Å². The fourth-order valence-electron chi connectivity index (χ4n) is 2.80. The molecule has 0 radical (unpaired) electrons. The van der Waals surface area contributed by atoms with Crippen LogP contribution < -0.4 is 5.32 Å². The number of carbonyl (C=O) groups is 1. The van der Waals surface area contributed by atoms with Gasteiger partial charge >= 0.3 is 5.69 Å². The number of halogens is 1. The van der Waals surface area contributed by atoms with Gasteiger partial charge in [-0.05, 0) is 24.3 Å². The number of hydrogen-bond acceptors (Lipinski definition) is 4. The molecule has 1 amide bonds. The molecule has 0 saturated heterocycles. The highest BCUT2D eigenvalue weighted by atomic mass is 35.5. The first-order chi connectivity index (χ1) is 10.0. The zero-order valence-electron chi connectivity index (χ0n) is 11.8. The highest BCUT2D eigenvalue weighted by Gasteiger charge is 2.26. The van der Waals surface area contributed by atoms with E-state index in [0.717, 1.165) is 6.42 Å². The molecule has 0 aromatic carbocycles. The Morgan fingerprint density at radius 2 is 2.24 bits per heavy atom. The van der Waals surface area contributed by atoms with Crippen LogP contribution in [0.4, 0.5) is 5.69 Å². The summed E-state index contributed by atoms with van der Waals surface area (Å²) in [5.41, 5.74) is -0.475. The summed E-state index contributed by atoms with van der Waals surface area (Å²) >= 11 is 5.71. The van der Waals surface area contributed by atoms with Gasteiger partial charge in [0.2, 0.25) is 5.15 Å². The van der Waals surface area contributed by atoms with Crippen molar-refractivity contribution in [1.82, 2.24) is 10.3 Å². The normalized spacial score (nSPS) is 21.8. The van der Waals surface area contributed by atoms with E-state index >= 15 is 0 Å². The molecule has 1 aliphatic rings. The summed E-state index contributed by atoms with van der Waals surface area (Å²) in [5.74, 6) is 0.526. The molecule has 1 N–H and O–H groups in total. The molecule has 1 aromatic heterocycles. The van der Waals surface area contributed by atoms with Crippen LogP contribution in [-0.4, -0.2) is 22.4 Å². The first-order valence-electron chi connectivity index (χ1n) is 7.07. The van der Waals surface area contributed by atoms with Crippen molar-refractivity contribution >= 4 is 23.2 Å². The quantitative estimate of drug-likeness (QED) is 0.525. The van der Waals surface area contributed by atoms with Crippen molar-refractivity contribution in [2.45, 2.75) is 32.6 Å². The predicted molar refractivity (Wildman–Crippen MR) is 79.4 cm³/mol. The zero-order valence-corrected chi connectivity index (χ0v) is 12.6. The smallest absolute Gasteiger partial charge is 0.319 e. The number of amides is 1. The molecule has 2 atom stereocenters. The van der Waals surface area contributed by atoms with E-state index in [1.165, 1.54) is 31.5 Å². The largest absolute Gasteiger partial charge is 0.352 e. The van der Waals surface area contributed by atoms with Crippen LogP contribution in [0.3, 0.4) is 0 Å². The molecule has 2 rings (SSSR count). The number of nitrogens with one attached hydrogen (secondary N) is 1. The first kappa shape index (κ1) is 15.7. The average Bonchev–Trinajstić information content (AvgIpc) is 2.45. The molecule has 1 aromatic rings. The monoisotopic (exact) mass is 311 g/mol. The van der Waals surface area contributed by atoms with Crippen molar-refractivity contribution in [2.24, 2.45) is 11.8 Å². The van der Waals surface area contributed by atoms with Crippen LogP contribution in [0, 0.1) is 22.0 Å². The third-order valence-electron chi connectivity index (χ3n) is 4.12. The highest BCUT2D eigenvalue weighted by molar-refractivity contribution is 6.32. The standard InChI is InChI=1S/C14H18ClN3O3/c1-9-4-2-3-5-10(9)8-17-14(19)11-6-7-16-13(15)12(11)18(20)21/h6-7,9-10H,2-5,8H2,1H3,(H,17,19). The van der Waals surface area contributed by atoms with Gasteiger partial charge in [0.05, 0.1) is 4.92 Å². The molecular formula is C14H18ClN3O3. The molecule has 6 nitrogen and oxygen atoms in total. The third kappa shape index (κ3) is 3.69. The summed E-state index contributed by atoms with van der Waals surface area (Å²) in [5, 5.41) is 13.5. The van der Waals surface area contributed by atoms with E-state index in [0.29, 0.717) is 18.4 Å². The number of pyridine rings is 1. The lowest BCUT2D eigenvalue weighted by molar-refractivity contribution is -0.385. The van der Waals surface area contributed by atoms with Gasteiger partial charge in [-0.15, -0.1) is 0 Å². The lowest BCUT2D eigenvalue weighted by Gasteiger charge is -2.28. The van der Waals surface area contributed by atoms with E-state index in [1.54, 1.807) is 0 Å². The van der Waals surface area contributed by atoms with Crippen LogP contribution in [-0.2, 0) is 0 Å². The van der Waals surface area contributed by atoms with E-state index < -0.39 is 16.5 Å². The minimum Gasteiger partial charge on any atom is -0.352 e. The van der Waals surface area contributed by atoms with Crippen molar-refractivity contribution in [3.63, 3.8) is 0 Å². The van der Waals surface area contributed by atoms with Gasteiger partial charge in [0.15, 0.2) is 0 Å². The van der Waals surface area contributed by atoms with Crippen LogP contribution in [0.1, 0.15) is 43.0 Å². The minimum atomic E-state index is -0.673. The fourth-order valence-corrected chi connectivity index (χ4v) is 3.03. The molecular weight excluding hydrogens is 294 g/mol. The molecule has 7 heteroatoms. The summed E-state index contributed by atoms with van der Waals surface area (Å²) < 4.78 is 0. The Hall–Kier alpha value is -1.69. The fraction of sp³-hybridized carbons (Fsp3) is 0.571. The number of rotatable bonds is 4. The second-order valence-corrected chi connectivity index (χ2v) is 5.84. The SMILES string of the molecule is CC1CCCCC1CNC(=O)c1ccnc(Cl)c1[N+](=O)[O-]. The average molecular weight is 312 g/mol. The number of aromatic nitrogens is 1. The summed E-state index contributed by atoms with van der Waals surface area (Å²) in [7, 11) is 0. The van der Waals surface area contributed by atoms with E-state index in [4.69, 9.17) is 11.6 Å². The molecule has 21 heavy (non-hydrogen) atoms. The summed E-state index contributed by atoms with van der Waals surface area (Å²) in [4.78, 5) is 26.2. The lowest BCUT2D eigenvalue weighted by Crippen LogP contribution is -2.33. The summed E-state index contributed by atoms with van der Waals surface area (Å²) in [6, 6.07) is 1.32.